The van der Waals surface area contributed by atoms with Crippen molar-refractivity contribution in [2.45, 2.75) is 52.1 Å². The van der Waals surface area contributed by atoms with Crippen molar-refractivity contribution in [2.24, 2.45) is 0 Å². The van der Waals surface area contributed by atoms with E-state index in [0.29, 0.717) is 0 Å². The van der Waals surface area contributed by atoms with Gasteiger partial charge >= 0.3 is 5.97 Å². The molecule has 2 aromatic rings. The van der Waals surface area contributed by atoms with E-state index < -0.39 is 11.6 Å². The van der Waals surface area contributed by atoms with Gasteiger partial charge in [-0.1, -0.05) is 0 Å². The zero-order chi connectivity index (χ0) is 17.3. The lowest BCUT2D eigenvalue weighted by Crippen LogP contribution is -2.35. The fraction of sp³-hybridized carbons (Fsp3) is 0.474. The van der Waals surface area contributed by atoms with Crippen molar-refractivity contribution in [3.05, 3.63) is 35.1 Å². The van der Waals surface area contributed by atoms with E-state index in [0.717, 1.165) is 29.4 Å². The Bertz CT molecular complexity index is 782. The van der Waals surface area contributed by atoms with Gasteiger partial charge < -0.3 is 14.5 Å². The van der Waals surface area contributed by atoms with Crippen LogP contribution in [0.3, 0.4) is 0 Å². The Kier molecular flexibility index (Phi) is 4.35. The van der Waals surface area contributed by atoms with E-state index >= 15 is 0 Å². The van der Waals surface area contributed by atoms with E-state index in [9.17, 15) is 9.59 Å². The molecule has 1 aromatic heterocycles. The highest BCUT2D eigenvalue weighted by Crippen LogP contribution is 2.30. The van der Waals surface area contributed by atoms with E-state index in [4.69, 9.17) is 9.15 Å². The number of carbonyl (C=O) groups excluding carboxylic acids is 2. The zero-order valence-corrected chi connectivity index (χ0v) is 14.4. The highest BCUT2D eigenvalue weighted by atomic mass is 16.6. The summed E-state index contributed by atoms with van der Waals surface area (Å²) in [4.78, 5) is 23.7. The van der Waals surface area contributed by atoms with Crippen molar-refractivity contribution in [1.29, 1.82) is 0 Å². The molecule has 0 fully saturated rings. The van der Waals surface area contributed by atoms with Crippen LogP contribution in [0, 0.1) is 0 Å². The van der Waals surface area contributed by atoms with Crippen LogP contribution in [-0.2, 0) is 33.6 Å². The number of nitrogens with one attached hydrogen (secondary N) is 1. The van der Waals surface area contributed by atoms with Crippen molar-refractivity contribution in [2.75, 3.05) is 6.54 Å². The van der Waals surface area contributed by atoms with Crippen molar-refractivity contribution < 1.29 is 18.7 Å². The molecule has 0 saturated carbocycles. The number of furan rings is 1. The van der Waals surface area contributed by atoms with Gasteiger partial charge in [-0.15, -0.1) is 0 Å². The normalized spacial score (nSPS) is 13.8. The maximum absolute atomic E-state index is 12.1. The summed E-state index contributed by atoms with van der Waals surface area (Å²) in [5.74, 6) is -0.658. The minimum absolute atomic E-state index is 0.124. The van der Waals surface area contributed by atoms with Crippen molar-refractivity contribution in [1.82, 2.24) is 5.32 Å². The molecule has 24 heavy (non-hydrogen) atoms. The molecule has 0 aliphatic heterocycles. The molecule has 0 bridgehead atoms. The zero-order valence-electron chi connectivity index (χ0n) is 14.4. The maximum atomic E-state index is 12.1. The molecule has 0 unspecified atom stereocenters. The van der Waals surface area contributed by atoms with Crippen molar-refractivity contribution in [3.63, 3.8) is 0 Å². The third-order valence-electron chi connectivity index (χ3n) is 4.07. The van der Waals surface area contributed by atoms with Gasteiger partial charge in [0, 0.05) is 10.9 Å². The van der Waals surface area contributed by atoms with E-state index in [1.54, 1.807) is 27.0 Å². The molecule has 0 radical (unpaired) electrons. The summed E-state index contributed by atoms with van der Waals surface area (Å²) in [6, 6.07) is 4.22. The topological polar surface area (TPSA) is 68.5 Å². The van der Waals surface area contributed by atoms with Gasteiger partial charge in [0.05, 0.1) is 12.7 Å². The summed E-state index contributed by atoms with van der Waals surface area (Å²) in [5.41, 5.74) is 3.81. The Morgan fingerprint density at radius 1 is 1.21 bits per heavy atom. The molecular weight excluding hydrogens is 306 g/mol. The van der Waals surface area contributed by atoms with Crippen LogP contribution in [0.4, 0.5) is 0 Å². The quantitative estimate of drug-likeness (QED) is 0.876. The fourth-order valence-electron chi connectivity index (χ4n) is 3.07. The van der Waals surface area contributed by atoms with Crippen molar-refractivity contribution in [3.8, 4) is 0 Å². The minimum atomic E-state index is -0.553. The molecular formula is C19H23NO4. The average molecular weight is 329 g/mol. The predicted octanol–water partition coefficient (Wildman–Crippen LogP) is 2.92. The lowest BCUT2D eigenvalue weighted by molar-refractivity contribution is -0.154. The number of rotatable bonds is 4. The summed E-state index contributed by atoms with van der Waals surface area (Å²) < 4.78 is 10.8. The van der Waals surface area contributed by atoms with E-state index in [1.807, 2.05) is 0 Å². The summed E-state index contributed by atoms with van der Waals surface area (Å²) in [6.45, 7) is 5.26. The van der Waals surface area contributed by atoms with Gasteiger partial charge in [-0.2, -0.15) is 0 Å². The maximum Gasteiger partial charge on any atom is 0.325 e. The van der Waals surface area contributed by atoms with Gasteiger partial charge in [0.15, 0.2) is 0 Å². The first-order valence-corrected chi connectivity index (χ1v) is 8.32. The molecule has 0 saturated heterocycles. The van der Waals surface area contributed by atoms with E-state index in [2.05, 4.69) is 17.4 Å². The van der Waals surface area contributed by atoms with Gasteiger partial charge in [0.1, 0.15) is 17.7 Å². The number of esters is 1. The lowest BCUT2D eigenvalue weighted by atomic mass is 10.0. The Morgan fingerprint density at radius 3 is 2.62 bits per heavy atom. The summed E-state index contributed by atoms with van der Waals surface area (Å²) >= 11 is 0. The van der Waals surface area contributed by atoms with Crippen LogP contribution in [0.25, 0.3) is 11.0 Å². The number of carbonyl (C=O) groups is 2. The summed E-state index contributed by atoms with van der Waals surface area (Å²) in [5, 5.41) is 3.59. The van der Waals surface area contributed by atoms with Crippen LogP contribution >= 0.6 is 0 Å². The Morgan fingerprint density at radius 2 is 1.92 bits per heavy atom. The van der Waals surface area contributed by atoms with Crippen LogP contribution in [0.15, 0.2) is 22.8 Å². The third kappa shape index (κ3) is 3.78. The number of fused-ring (bicyclic) bond motifs is 2. The molecule has 128 valence electrons. The SMILES string of the molecule is CC(C)(C)OC(=O)CNC(=O)Cc1coc2cc3c(cc12)CCC3. The molecule has 0 atom stereocenters. The summed E-state index contributed by atoms with van der Waals surface area (Å²) in [7, 11) is 0. The highest BCUT2D eigenvalue weighted by Gasteiger charge is 2.19. The minimum Gasteiger partial charge on any atom is -0.464 e. The van der Waals surface area contributed by atoms with Crippen molar-refractivity contribution >= 4 is 22.8 Å². The molecule has 1 aliphatic rings. The smallest absolute Gasteiger partial charge is 0.325 e. The number of hydrogen-bond acceptors (Lipinski definition) is 4. The fourth-order valence-corrected chi connectivity index (χ4v) is 3.07. The average Bonchev–Trinajstić information content (AvgIpc) is 3.08. The molecule has 1 N–H and O–H groups in total. The van der Waals surface area contributed by atoms with Gasteiger partial charge in [0.2, 0.25) is 5.91 Å². The van der Waals surface area contributed by atoms with Gasteiger partial charge in [0.25, 0.3) is 0 Å². The Balaban J connectivity index is 1.63. The Labute approximate surface area is 141 Å². The predicted molar refractivity (Wildman–Crippen MR) is 90.8 cm³/mol. The molecule has 1 amide bonds. The largest absolute Gasteiger partial charge is 0.464 e. The highest BCUT2D eigenvalue weighted by molar-refractivity contribution is 5.89. The van der Waals surface area contributed by atoms with Gasteiger partial charge in [-0.3, -0.25) is 9.59 Å². The molecule has 1 aliphatic carbocycles. The second-order valence-corrected chi connectivity index (χ2v) is 7.27. The standard InChI is InChI=1S/C19H23NO4/c1-19(2,3)24-18(22)10-20-17(21)9-14-11-23-16-8-13-6-4-5-12(13)7-15(14)16/h7-8,11H,4-6,9-10H2,1-3H3,(H,20,21). The second-order valence-electron chi connectivity index (χ2n) is 7.27. The monoisotopic (exact) mass is 329 g/mol. The van der Waals surface area contributed by atoms with E-state index in [1.165, 1.54) is 17.5 Å². The van der Waals surface area contributed by atoms with Crippen LogP contribution in [0.1, 0.15) is 43.9 Å². The number of hydrogen-bond donors (Lipinski definition) is 1. The first-order chi connectivity index (χ1) is 11.3. The Hall–Kier alpha value is -2.30. The number of ether oxygens (including phenoxy) is 1. The van der Waals surface area contributed by atoms with Crippen LogP contribution in [0.5, 0.6) is 0 Å². The molecule has 5 nitrogen and oxygen atoms in total. The van der Waals surface area contributed by atoms with Gasteiger partial charge in [-0.25, -0.2) is 0 Å². The molecule has 5 heteroatoms. The number of benzene rings is 1. The lowest BCUT2D eigenvalue weighted by Gasteiger charge is -2.19. The molecule has 3 rings (SSSR count). The number of aryl methyl sites for hydroxylation is 2. The second kappa shape index (κ2) is 6.30. The van der Waals surface area contributed by atoms with Gasteiger partial charge in [-0.05, 0) is 63.3 Å². The van der Waals surface area contributed by atoms with Crippen LogP contribution in [-0.4, -0.2) is 24.0 Å². The first-order valence-electron chi connectivity index (χ1n) is 8.32. The first kappa shape index (κ1) is 16.6. The summed E-state index contributed by atoms with van der Waals surface area (Å²) in [6.07, 6.45) is 5.17. The molecule has 0 spiro atoms. The molecule has 1 aromatic carbocycles. The molecule has 1 heterocycles. The van der Waals surface area contributed by atoms with Crippen LogP contribution < -0.4 is 5.32 Å². The van der Waals surface area contributed by atoms with Crippen LogP contribution in [0.2, 0.25) is 0 Å². The third-order valence-corrected chi connectivity index (χ3v) is 4.07. The van der Waals surface area contributed by atoms with E-state index in [-0.39, 0.29) is 18.9 Å². The number of amides is 1.